The average molecular weight is 387 g/mol. The molecule has 0 unspecified atom stereocenters. The van der Waals surface area contributed by atoms with Crippen molar-refractivity contribution in [2.75, 3.05) is 0 Å². The lowest BCUT2D eigenvalue weighted by Crippen LogP contribution is -2.36. The van der Waals surface area contributed by atoms with Crippen LogP contribution in [0, 0.1) is 29.1 Å². The Bertz CT molecular complexity index is 614. The van der Waals surface area contributed by atoms with Gasteiger partial charge in [0, 0.05) is 12.8 Å². The molecule has 0 aromatic rings. The highest BCUT2D eigenvalue weighted by molar-refractivity contribution is 5.96. The Morgan fingerprint density at radius 3 is 2.64 bits per heavy atom. The van der Waals surface area contributed by atoms with E-state index in [1.807, 2.05) is 0 Å². The van der Waals surface area contributed by atoms with Crippen molar-refractivity contribution in [1.82, 2.24) is 0 Å². The first-order chi connectivity index (χ1) is 13.3. The van der Waals surface area contributed by atoms with Crippen molar-refractivity contribution in [2.24, 2.45) is 29.1 Å². The molecular weight excluding hydrogens is 344 g/mol. The molecule has 2 nitrogen and oxygen atoms in total. The number of allylic oxidation sites excluding steroid dienone is 3. The normalized spacial score (nSPS) is 37.6. The van der Waals surface area contributed by atoms with Gasteiger partial charge in [0.1, 0.15) is 0 Å². The first-order valence-electron chi connectivity index (χ1n) is 11.9. The lowest BCUT2D eigenvalue weighted by Gasteiger charge is -2.44. The topological polar surface area (TPSA) is 37.3 Å². The van der Waals surface area contributed by atoms with E-state index in [1.165, 1.54) is 51.4 Å². The molecule has 3 aliphatic rings. The monoisotopic (exact) mass is 386 g/mol. The molecule has 1 N–H and O–H groups in total. The second kappa shape index (κ2) is 9.28. The Labute approximate surface area is 172 Å². The van der Waals surface area contributed by atoms with Gasteiger partial charge in [0.2, 0.25) is 0 Å². The summed E-state index contributed by atoms with van der Waals surface area (Å²) in [5.74, 6) is 3.42. The van der Waals surface area contributed by atoms with Gasteiger partial charge in [-0.1, -0.05) is 64.7 Å². The average Bonchev–Trinajstić information content (AvgIpc) is 2.99. The third kappa shape index (κ3) is 4.81. The van der Waals surface area contributed by atoms with Crippen LogP contribution >= 0.6 is 0 Å². The zero-order chi connectivity index (χ0) is 20.3. The maximum Gasteiger partial charge on any atom is 0.159 e. The number of ketones is 1. The minimum absolute atomic E-state index is 0.240. The van der Waals surface area contributed by atoms with Gasteiger partial charge in [-0.15, -0.1) is 0 Å². The molecule has 0 aliphatic heterocycles. The van der Waals surface area contributed by atoms with Crippen LogP contribution < -0.4 is 0 Å². The summed E-state index contributed by atoms with van der Waals surface area (Å²) in [4.78, 5) is 12.2. The van der Waals surface area contributed by atoms with Crippen molar-refractivity contribution in [2.45, 2.75) is 104 Å². The molecular formula is C26H42O2. The van der Waals surface area contributed by atoms with Gasteiger partial charge in [-0.2, -0.15) is 0 Å². The van der Waals surface area contributed by atoms with Gasteiger partial charge < -0.3 is 5.11 Å². The lowest BCUT2D eigenvalue weighted by molar-refractivity contribution is -0.117. The van der Waals surface area contributed by atoms with Crippen LogP contribution in [0.4, 0.5) is 0 Å². The Balaban J connectivity index is 1.70. The summed E-state index contributed by atoms with van der Waals surface area (Å²) in [6.07, 6.45) is 16.3. The fraction of sp³-hybridized carbons (Fsp3) is 0.808. The number of aliphatic hydroxyl groups is 1. The van der Waals surface area contributed by atoms with E-state index in [0.29, 0.717) is 30.6 Å². The van der Waals surface area contributed by atoms with Crippen LogP contribution in [0.2, 0.25) is 0 Å². The molecule has 3 fully saturated rings. The minimum Gasteiger partial charge on any atom is -0.393 e. The quantitative estimate of drug-likeness (QED) is 0.520. The van der Waals surface area contributed by atoms with E-state index in [1.54, 1.807) is 5.57 Å². The lowest BCUT2D eigenvalue weighted by atomic mass is 9.60. The molecule has 5 atom stereocenters. The summed E-state index contributed by atoms with van der Waals surface area (Å²) in [6, 6.07) is 0. The molecule has 0 amide bonds. The molecule has 0 spiro atoms. The number of aliphatic hydroxyl groups excluding tert-OH is 1. The standard InChI is InChI=1S/C26H42O2/c1-18(2)7-5-8-19(3)23-13-14-24-20(9-6-16-26(23,24)4)10-11-21-17-22(27)12-15-25(21)28/h10-11,18-19,22-24,27H,5-9,12-17H2,1-4H3/b20-10+,21-11-/t19-,22+,23-,24+,26-/m1/s1. The minimum atomic E-state index is -0.332. The number of hydrogen-bond donors (Lipinski definition) is 1. The fourth-order valence-electron chi connectivity index (χ4n) is 6.56. The predicted octanol–water partition coefficient (Wildman–Crippen LogP) is 6.63. The first-order valence-corrected chi connectivity index (χ1v) is 11.9. The Kier molecular flexibility index (Phi) is 7.23. The van der Waals surface area contributed by atoms with Crippen molar-refractivity contribution in [3.05, 3.63) is 23.3 Å². The molecule has 2 heteroatoms. The van der Waals surface area contributed by atoms with Gasteiger partial charge in [0.25, 0.3) is 0 Å². The summed E-state index contributed by atoms with van der Waals surface area (Å²) in [5.41, 5.74) is 2.86. The molecule has 3 rings (SSSR count). The van der Waals surface area contributed by atoms with Gasteiger partial charge in [-0.25, -0.2) is 0 Å². The molecule has 28 heavy (non-hydrogen) atoms. The van der Waals surface area contributed by atoms with Gasteiger partial charge in [0.05, 0.1) is 6.10 Å². The van der Waals surface area contributed by atoms with Gasteiger partial charge in [-0.3, -0.25) is 4.79 Å². The number of carbonyl (C=O) groups is 1. The highest BCUT2D eigenvalue weighted by atomic mass is 16.3. The van der Waals surface area contributed by atoms with Crippen molar-refractivity contribution in [3.63, 3.8) is 0 Å². The van der Waals surface area contributed by atoms with E-state index in [-0.39, 0.29) is 11.9 Å². The van der Waals surface area contributed by atoms with Gasteiger partial charge >= 0.3 is 0 Å². The second-order valence-electron chi connectivity index (χ2n) is 10.7. The predicted molar refractivity (Wildman–Crippen MR) is 117 cm³/mol. The van der Waals surface area contributed by atoms with Gasteiger partial charge in [-0.05, 0) is 73.2 Å². The number of hydrogen-bond acceptors (Lipinski definition) is 2. The molecule has 0 radical (unpaired) electrons. The third-order valence-electron chi connectivity index (χ3n) is 8.18. The highest BCUT2D eigenvalue weighted by Gasteiger charge is 2.50. The molecule has 0 aromatic heterocycles. The Hall–Kier alpha value is -0.890. The smallest absolute Gasteiger partial charge is 0.159 e. The van der Waals surface area contributed by atoms with Crippen molar-refractivity contribution >= 4 is 5.78 Å². The maximum atomic E-state index is 12.2. The summed E-state index contributed by atoms with van der Waals surface area (Å²) in [7, 11) is 0. The SMILES string of the molecule is CC(C)CCC[C@@H](C)[C@H]1CC[C@H]2/C(=C/C=C3/C[C@@H](O)CCC3=O)CCC[C@]12C. The van der Waals surface area contributed by atoms with E-state index < -0.39 is 0 Å². The largest absolute Gasteiger partial charge is 0.393 e. The van der Waals surface area contributed by atoms with E-state index in [9.17, 15) is 9.90 Å². The summed E-state index contributed by atoms with van der Waals surface area (Å²) in [5, 5.41) is 9.91. The number of rotatable bonds is 6. The Morgan fingerprint density at radius 1 is 1.11 bits per heavy atom. The van der Waals surface area contributed by atoms with Crippen molar-refractivity contribution in [3.8, 4) is 0 Å². The van der Waals surface area contributed by atoms with Crippen LogP contribution in [-0.2, 0) is 4.79 Å². The molecule has 158 valence electrons. The van der Waals surface area contributed by atoms with Crippen molar-refractivity contribution < 1.29 is 9.90 Å². The fourth-order valence-corrected chi connectivity index (χ4v) is 6.56. The van der Waals surface area contributed by atoms with Gasteiger partial charge in [0.15, 0.2) is 5.78 Å². The molecule has 0 aromatic carbocycles. The molecule has 0 saturated heterocycles. The molecule has 3 saturated carbocycles. The number of Topliss-reactive ketones (excluding diaryl/α,β-unsaturated/α-hetero) is 1. The van der Waals surface area contributed by atoms with Crippen LogP contribution in [-0.4, -0.2) is 17.0 Å². The number of carbonyl (C=O) groups excluding carboxylic acids is 1. The summed E-state index contributed by atoms with van der Waals surface area (Å²) >= 11 is 0. The molecule has 3 aliphatic carbocycles. The van der Waals surface area contributed by atoms with Crippen LogP contribution in [0.5, 0.6) is 0 Å². The first kappa shape index (κ1) is 21.8. The van der Waals surface area contributed by atoms with Crippen LogP contribution in [0.25, 0.3) is 0 Å². The van der Waals surface area contributed by atoms with Crippen LogP contribution in [0.15, 0.2) is 23.3 Å². The van der Waals surface area contributed by atoms with E-state index in [0.717, 1.165) is 23.3 Å². The highest BCUT2D eigenvalue weighted by Crippen LogP contribution is 2.59. The van der Waals surface area contributed by atoms with Crippen LogP contribution in [0.1, 0.15) is 98.3 Å². The Morgan fingerprint density at radius 2 is 1.89 bits per heavy atom. The summed E-state index contributed by atoms with van der Waals surface area (Å²) < 4.78 is 0. The number of fused-ring (bicyclic) bond motifs is 1. The maximum absolute atomic E-state index is 12.2. The zero-order valence-corrected chi connectivity index (χ0v) is 18.7. The summed E-state index contributed by atoms with van der Waals surface area (Å²) in [6.45, 7) is 9.73. The van der Waals surface area contributed by atoms with E-state index >= 15 is 0 Å². The molecule has 0 bridgehead atoms. The van der Waals surface area contributed by atoms with E-state index in [4.69, 9.17) is 0 Å². The second-order valence-corrected chi connectivity index (χ2v) is 10.7. The third-order valence-corrected chi connectivity index (χ3v) is 8.18. The zero-order valence-electron chi connectivity index (χ0n) is 18.7. The molecule has 0 heterocycles. The van der Waals surface area contributed by atoms with E-state index in [2.05, 4.69) is 39.8 Å². The van der Waals surface area contributed by atoms with Crippen molar-refractivity contribution in [1.29, 1.82) is 0 Å². The van der Waals surface area contributed by atoms with Crippen LogP contribution in [0.3, 0.4) is 0 Å².